The van der Waals surface area contributed by atoms with E-state index >= 15 is 0 Å². The highest BCUT2D eigenvalue weighted by molar-refractivity contribution is 5.88. The van der Waals surface area contributed by atoms with Gasteiger partial charge in [-0.05, 0) is 42.7 Å². The molecule has 3 rings (SSSR count). The van der Waals surface area contributed by atoms with Gasteiger partial charge in [-0.25, -0.2) is 4.79 Å². The lowest BCUT2D eigenvalue weighted by molar-refractivity contribution is -0.162. The molecule has 0 aliphatic heterocycles. The zero-order valence-electron chi connectivity index (χ0n) is 12.5. The van der Waals surface area contributed by atoms with Crippen LogP contribution < -0.4 is 0 Å². The van der Waals surface area contributed by atoms with Gasteiger partial charge in [-0.15, -0.1) is 0 Å². The van der Waals surface area contributed by atoms with E-state index in [9.17, 15) is 14.7 Å². The number of hydrogen-bond donors (Lipinski definition) is 1. The van der Waals surface area contributed by atoms with Gasteiger partial charge in [0.2, 0.25) is 5.91 Å². The molecule has 0 spiro atoms. The van der Waals surface area contributed by atoms with Crippen molar-refractivity contribution in [2.24, 2.45) is 0 Å². The number of hydrogen-bond acceptors (Lipinski definition) is 2. The Labute approximate surface area is 124 Å². The predicted octanol–water partition coefficient (Wildman–Crippen LogP) is 2.87. The number of carbonyl (C=O) groups excluding carboxylic acids is 1. The average molecular weight is 287 g/mol. The Morgan fingerprint density at radius 3 is 2.48 bits per heavy atom. The highest BCUT2D eigenvalue weighted by Crippen LogP contribution is 2.48. The smallest absolute Gasteiger partial charge is 0.334 e. The summed E-state index contributed by atoms with van der Waals surface area (Å²) in [5.41, 5.74) is 0.687. The van der Waals surface area contributed by atoms with E-state index in [2.05, 4.69) is 6.92 Å². The minimum atomic E-state index is -1.18. The number of nitrogens with zero attached hydrogens (tertiary/aromatic N) is 1. The summed E-state index contributed by atoms with van der Waals surface area (Å²) < 4.78 is 0. The standard InChI is InChI=1S/C17H21NO3/c1-11-9-10-17(16(20)21,15-6-4-3-5-14(11)15)18(12(2)19)13-7-8-13/h3-6,11,13H,7-10H2,1-2H3,(H,20,21). The lowest BCUT2D eigenvalue weighted by Gasteiger charge is -2.45. The molecule has 2 unspecified atom stereocenters. The van der Waals surface area contributed by atoms with E-state index in [1.807, 2.05) is 24.3 Å². The van der Waals surface area contributed by atoms with Gasteiger partial charge < -0.3 is 10.0 Å². The van der Waals surface area contributed by atoms with E-state index < -0.39 is 11.5 Å². The van der Waals surface area contributed by atoms with Crippen molar-refractivity contribution < 1.29 is 14.7 Å². The van der Waals surface area contributed by atoms with E-state index in [1.165, 1.54) is 6.92 Å². The van der Waals surface area contributed by atoms with Gasteiger partial charge in [0.1, 0.15) is 0 Å². The average Bonchev–Trinajstić information content (AvgIpc) is 3.26. The molecule has 2 aliphatic rings. The Kier molecular flexibility index (Phi) is 3.27. The summed E-state index contributed by atoms with van der Waals surface area (Å²) in [5.74, 6) is -0.699. The Hall–Kier alpha value is -1.84. The van der Waals surface area contributed by atoms with Crippen molar-refractivity contribution >= 4 is 11.9 Å². The van der Waals surface area contributed by atoms with E-state index in [-0.39, 0.29) is 11.9 Å². The fourth-order valence-corrected chi connectivity index (χ4v) is 3.76. The van der Waals surface area contributed by atoms with Crippen molar-refractivity contribution in [3.8, 4) is 0 Å². The van der Waals surface area contributed by atoms with Crippen LogP contribution in [-0.4, -0.2) is 27.9 Å². The Morgan fingerprint density at radius 1 is 1.24 bits per heavy atom. The van der Waals surface area contributed by atoms with E-state index in [1.54, 1.807) is 4.90 Å². The van der Waals surface area contributed by atoms with Crippen LogP contribution in [0.15, 0.2) is 24.3 Å². The van der Waals surface area contributed by atoms with Gasteiger partial charge in [-0.2, -0.15) is 0 Å². The molecule has 0 saturated heterocycles. The third-order valence-electron chi connectivity index (χ3n) is 4.89. The first kappa shape index (κ1) is 14.1. The molecule has 0 radical (unpaired) electrons. The maximum absolute atomic E-state index is 12.2. The van der Waals surface area contributed by atoms with Gasteiger partial charge in [0.15, 0.2) is 5.54 Å². The minimum absolute atomic E-state index is 0.0834. The lowest BCUT2D eigenvalue weighted by atomic mass is 9.71. The number of aliphatic carboxylic acids is 1. The van der Waals surface area contributed by atoms with Crippen molar-refractivity contribution in [1.29, 1.82) is 0 Å². The molecular formula is C17H21NO3. The molecule has 112 valence electrons. The van der Waals surface area contributed by atoms with Crippen LogP contribution >= 0.6 is 0 Å². The van der Waals surface area contributed by atoms with Crippen LogP contribution in [0.4, 0.5) is 0 Å². The van der Waals surface area contributed by atoms with Crippen LogP contribution in [0, 0.1) is 0 Å². The molecule has 4 heteroatoms. The number of rotatable bonds is 3. The second kappa shape index (κ2) is 4.86. The number of carboxylic acid groups (broad SMARTS) is 1. The van der Waals surface area contributed by atoms with Gasteiger partial charge in [-0.3, -0.25) is 4.79 Å². The van der Waals surface area contributed by atoms with Gasteiger partial charge in [0.05, 0.1) is 0 Å². The molecule has 1 N–H and O–H groups in total. The summed E-state index contributed by atoms with van der Waals surface area (Å²) in [6.45, 7) is 3.61. The highest BCUT2D eigenvalue weighted by atomic mass is 16.4. The maximum Gasteiger partial charge on any atom is 0.334 e. The van der Waals surface area contributed by atoms with Crippen LogP contribution in [0.5, 0.6) is 0 Å². The van der Waals surface area contributed by atoms with Crippen molar-refractivity contribution in [1.82, 2.24) is 4.90 Å². The summed E-state index contributed by atoms with van der Waals surface area (Å²) in [4.78, 5) is 26.1. The summed E-state index contributed by atoms with van der Waals surface area (Å²) >= 11 is 0. The topological polar surface area (TPSA) is 57.6 Å². The molecule has 0 aromatic heterocycles. The molecule has 1 aromatic carbocycles. The van der Waals surface area contributed by atoms with E-state index in [0.29, 0.717) is 12.3 Å². The summed E-state index contributed by atoms with van der Waals surface area (Å²) in [7, 11) is 0. The van der Waals surface area contributed by atoms with Crippen LogP contribution in [0.2, 0.25) is 0 Å². The van der Waals surface area contributed by atoms with Crippen LogP contribution in [0.1, 0.15) is 56.6 Å². The quantitative estimate of drug-likeness (QED) is 0.930. The van der Waals surface area contributed by atoms with Crippen molar-refractivity contribution in [2.75, 3.05) is 0 Å². The Morgan fingerprint density at radius 2 is 1.90 bits per heavy atom. The number of amides is 1. The fraction of sp³-hybridized carbons (Fsp3) is 0.529. The molecular weight excluding hydrogens is 266 g/mol. The van der Waals surface area contributed by atoms with Crippen LogP contribution in [0.25, 0.3) is 0 Å². The molecule has 2 aliphatic carbocycles. The maximum atomic E-state index is 12.2. The van der Waals surface area contributed by atoms with Gasteiger partial charge in [0.25, 0.3) is 0 Å². The van der Waals surface area contributed by atoms with Gasteiger partial charge in [0, 0.05) is 13.0 Å². The van der Waals surface area contributed by atoms with Crippen LogP contribution in [0.3, 0.4) is 0 Å². The first-order chi connectivity index (χ1) is 9.98. The molecule has 0 heterocycles. The molecule has 0 bridgehead atoms. The normalized spacial score (nSPS) is 27.8. The minimum Gasteiger partial charge on any atom is -0.479 e. The summed E-state index contributed by atoms with van der Waals surface area (Å²) in [5, 5.41) is 10.0. The van der Waals surface area contributed by atoms with Crippen molar-refractivity contribution in [3.63, 3.8) is 0 Å². The molecule has 1 aromatic rings. The monoisotopic (exact) mass is 287 g/mol. The number of carboxylic acids is 1. The van der Waals surface area contributed by atoms with Crippen molar-refractivity contribution in [3.05, 3.63) is 35.4 Å². The molecule has 2 atom stereocenters. The largest absolute Gasteiger partial charge is 0.479 e. The van der Waals surface area contributed by atoms with Crippen molar-refractivity contribution in [2.45, 2.75) is 57.0 Å². The predicted molar refractivity (Wildman–Crippen MR) is 78.9 cm³/mol. The number of benzene rings is 1. The zero-order chi connectivity index (χ0) is 15.2. The SMILES string of the molecule is CC(=O)N(C1CC1)C1(C(=O)O)CCC(C)c2ccccc21. The molecule has 1 amide bonds. The van der Waals surface area contributed by atoms with E-state index in [0.717, 1.165) is 30.4 Å². The number of fused-ring (bicyclic) bond motifs is 1. The van der Waals surface area contributed by atoms with Gasteiger partial charge in [-0.1, -0.05) is 31.2 Å². The highest BCUT2D eigenvalue weighted by Gasteiger charge is 2.54. The first-order valence-electron chi connectivity index (χ1n) is 7.61. The number of carbonyl (C=O) groups is 2. The fourth-order valence-electron chi connectivity index (χ4n) is 3.76. The Bertz CT molecular complexity index is 593. The third-order valence-corrected chi connectivity index (χ3v) is 4.89. The molecule has 1 fully saturated rings. The third kappa shape index (κ3) is 2.04. The Balaban J connectivity index is 2.21. The molecule has 21 heavy (non-hydrogen) atoms. The van der Waals surface area contributed by atoms with Gasteiger partial charge >= 0.3 is 5.97 Å². The first-order valence-corrected chi connectivity index (χ1v) is 7.61. The second-order valence-corrected chi connectivity index (χ2v) is 6.31. The molecule has 1 saturated carbocycles. The summed E-state index contributed by atoms with van der Waals surface area (Å²) in [6, 6.07) is 7.79. The van der Waals surface area contributed by atoms with E-state index in [4.69, 9.17) is 0 Å². The second-order valence-electron chi connectivity index (χ2n) is 6.31. The zero-order valence-corrected chi connectivity index (χ0v) is 12.5. The summed E-state index contributed by atoms with van der Waals surface area (Å²) in [6.07, 6.45) is 3.11. The lowest BCUT2D eigenvalue weighted by Crippen LogP contribution is -2.56. The van der Waals surface area contributed by atoms with Crippen LogP contribution in [-0.2, 0) is 15.1 Å². The molecule has 4 nitrogen and oxygen atoms in total.